The van der Waals surface area contributed by atoms with E-state index < -0.39 is 5.60 Å². The third-order valence-corrected chi connectivity index (χ3v) is 4.35. The summed E-state index contributed by atoms with van der Waals surface area (Å²) in [7, 11) is 1.81. The van der Waals surface area contributed by atoms with Crippen LogP contribution in [0.15, 0.2) is 0 Å². The van der Waals surface area contributed by atoms with Gasteiger partial charge >= 0.3 is 6.09 Å². The fraction of sp³-hybridized carbons (Fsp3) is 0.944. The lowest BCUT2D eigenvalue weighted by atomic mass is 9.83. The summed E-state index contributed by atoms with van der Waals surface area (Å²) < 4.78 is 5.35. The smallest absolute Gasteiger partial charge is 0.410 e. The highest BCUT2D eigenvalue weighted by atomic mass is 16.6. The van der Waals surface area contributed by atoms with Gasteiger partial charge in [0.1, 0.15) is 5.60 Å². The molecule has 1 aliphatic rings. The first-order valence-corrected chi connectivity index (χ1v) is 8.99. The van der Waals surface area contributed by atoms with E-state index in [9.17, 15) is 4.79 Å². The van der Waals surface area contributed by atoms with Gasteiger partial charge in [0.2, 0.25) is 0 Å². The van der Waals surface area contributed by atoms with Crippen LogP contribution < -0.4 is 5.32 Å². The van der Waals surface area contributed by atoms with Crippen LogP contribution >= 0.6 is 0 Å². The molecule has 1 amide bonds. The highest BCUT2D eigenvalue weighted by Gasteiger charge is 2.21. The normalized spacial score (nSPS) is 22.4. The first-order chi connectivity index (χ1) is 10.3. The molecule has 1 fully saturated rings. The second kappa shape index (κ2) is 9.39. The third kappa shape index (κ3) is 8.02. The molecule has 1 N–H and O–H groups in total. The number of carbonyl (C=O) groups is 1. The summed E-state index contributed by atoms with van der Waals surface area (Å²) in [6, 6.07) is 0.680. The Morgan fingerprint density at radius 1 is 1.23 bits per heavy atom. The summed E-state index contributed by atoms with van der Waals surface area (Å²) in [6.45, 7) is 9.70. The first kappa shape index (κ1) is 19.3. The molecule has 1 saturated carbocycles. The average Bonchev–Trinajstić information content (AvgIpc) is 2.43. The van der Waals surface area contributed by atoms with Crippen molar-refractivity contribution in [3.05, 3.63) is 0 Å². The summed E-state index contributed by atoms with van der Waals surface area (Å²) >= 11 is 0. The van der Waals surface area contributed by atoms with Gasteiger partial charge in [0, 0.05) is 19.6 Å². The van der Waals surface area contributed by atoms with Gasteiger partial charge in [-0.25, -0.2) is 4.79 Å². The van der Waals surface area contributed by atoms with E-state index in [0.717, 1.165) is 25.4 Å². The fourth-order valence-electron chi connectivity index (χ4n) is 3.12. The van der Waals surface area contributed by atoms with Crippen molar-refractivity contribution in [1.29, 1.82) is 0 Å². The second-order valence-corrected chi connectivity index (χ2v) is 7.72. The Bertz CT molecular complexity index is 318. The van der Waals surface area contributed by atoms with Gasteiger partial charge in [-0.3, -0.25) is 0 Å². The topological polar surface area (TPSA) is 41.6 Å². The number of amides is 1. The van der Waals surface area contributed by atoms with Crippen molar-refractivity contribution in [1.82, 2.24) is 10.2 Å². The maximum Gasteiger partial charge on any atom is 0.410 e. The van der Waals surface area contributed by atoms with E-state index in [1.54, 1.807) is 4.90 Å². The van der Waals surface area contributed by atoms with E-state index in [1.807, 2.05) is 27.8 Å². The minimum absolute atomic E-state index is 0.229. The number of hydrogen-bond acceptors (Lipinski definition) is 3. The van der Waals surface area contributed by atoms with Crippen LogP contribution in [0, 0.1) is 5.92 Å². The lowest BCUT2D eigenvalue weighted by Gasteiger charge is -2.29. The van der Waals surface area contributed by atoms with Crippen LogP contribution in [0.5, 0.6) is 0 Å². The predicted octanol–water partition coefficient (Wildman–Crippen LogP) is 4.19. The third-order valence-electron chi connectivity index (χ3n) is 4.35. The zero-order valence-corrected chi connectivity index (χ0v) is 15.3. The first-order valence-electron chi connectivity index (χ1n) is 8.99. The Balaban J connectivity index is 2.09. The average molecular weight is 312 g/mol. The van der Waals surface area contributed by atoms with Gasteiger partial charge < -0.3 is 15.0 Å². The molecule has 4 nitrogen and oxygen atoms in total. The van der Waals surface area contributed by atoms with Gasteiger partial charge in [-0.1, -0.05) is 19.8 Å². The van der Waals surface area contributed by atoms with E-state index >= 15 is 0 Å². The molecule has 0 radical (unpaired) electrons. The summed E-state index contributed by atoms with van der Waals surface area (Å²) in [6.07, 6.45) is 8.84. The SMILES string of the molecule is CCCC1CCC(NCCCN(C)C(=O)OC(C)(C)C)CC1. The Morgan fingerprint density at radius 2 is 1.86 bits per heavy atom. The van der Waals surface area contributed by atoms with Crippen LogP contribution in [0.3, 0.4) is 0 Å². The van der Waals surface area contributed by atoms with Gasteiger partial charge in [-0.2, -0.15) is 0 Å². The van der Waals surface area contributed by atoms with Crippen molar-refractivity contribution in [2.75, 3.05) is 20.1 Å². The number of carbonyl (C=O) groups excluding carboxylic acids is 1. The highest BCUT2D eigenvalue weighted by Crippen LogP contribution is 2.27. The summed E-state index contributed by atoms with van der Waals surface area (Å²) in [5.74, 6) is 0.960. The van der Waals surface area contributed by atoms with Crippen molar-refractivity contribution in [3.8, 4) is 0 Å². The molecular formula is C18H36N2O2. The number of nitrogens with one attached hydrogen (secondary N) is 1. The molecule has 0 aromatic carbocycles. The van der Waals surface area contributed by atoms with Gasteiger partial charge in [0.25, 0.3) is 0 Å². The van der Waals surface area contributed by atoms with E-state index in [4.69, 9.17) is 4.74 Å². The summed E-state index contributed by atoms with van der Waals surface area (Å²) in [4.78, 5) is 13.5. The number of nitrogens with zero attached hydrogens (tertiary/aromatic N) is 1. The molecule has 1 aliphatic carbocycles. The molecule has 22 heavy (non-hydrogen) atoms. The van der Waals surface area contributed by atoms with Gasteiger partial charge in [0.05, 0.1) is 0 Å². The molecule has 0 aliphatic heterocycles. The van der Waals surface area contributed by atoms with Crippen molar-refractivity contribution < 1.29 is 9.53 Å². The zero-order chi connectivity index (χ0) is 16.6. The molecule has 0 spiro atoms. The second-order valence-electron chi connectivity index (χ2n) is 7.72. The van der Waals surface area contributed by atoms with Crippen LogP contribution in [-0.2, 0) is 4.74 Å². The Hall–Kier alpha value is -0.770. The Kier molecular flexibility index (Phi) is 8.23. The zero-order valence-electron chi connectivity index (χ0n) is 15.3. The number of ether oxygens (including phenoxy) is 1. The highest BCUT2D eigenvalue weighted by molar-refractivity contribution is 5.67. The lowest BCUT2D eigenvalue weighted by molar-refractivity contribution is 0.0297. The largest absolute Gasteiger partial charge is 0.444 e. The quantitative estimate of drug-likeness (QED) is 0.717. The van der Waals surface area contributed by atoms with Crippen LogP contribution in [-0.4, -0.2) is 42.8 Å². The van der Waals surface area contributed by atoms with E-state index in [-0.39, 0.29) is 6.09 Å². The molecule has 0 atom stereocenters. The van der Waals surface area contributed by atoms with Gasteiger partial charge in [-0.05, 0) is 65.3 Å². The van der Waals surface area contributed by atoms with Crippen molar-refractivity contribution in [2.24, 2.45) is 5.92 Å². The van der Waals surface area contributed by atoms with Crippen LogP contribution in [0.4, 0.5) is 4.79 Å². The van der Waals surface area contributed by atoms with Crippen LogP contribution in [0.25, 0.3) is 0 Å². The molecule has 1 rings (SSSR count). The Labute approximate surface area is 137 Å². The predicted molar refractivity (Wildman–Crippen MR) is 92.1 cm³/mol. The molecule has 0 aromatic rings. The summed E-state index contributed by atoms with van der Waals surface area (Å²) in [5.41, 5.74) is -0.416. The van der Waals surface area contributed by atoms with E-state index in [0.29, 0.717) is 6.04 Å². The Morgan fingerprint density at radius 3 is 2.41 bits per heavy atom. The minimum Gasteiger partial charge on any atom is -0.444 e. The van der Waals surface area contributed by atoms with E-state index in [1.165, 1.54) is 38.5 Å². The van der Waals surface area contributed by atoms with Gasteiger partial charge in [0.15, 0.2) is 0 Å². The minimum atomic E-state index is -0.416. The van der Waals surface area contributed by atoms with Crippen LogP contribution in [0.2, 0.25) is 0 Å². The molecule has 0 aromatic heterocycles. The lowest BCUT2D eigenvalue weighted by Crippen LogP contribution is -2.37. The summed E-state index contributed by atoms with van der Waals surface area (Å²) in [5, 5.41) is 3.65. The molecule has 4 heteroatoms. The molecule has 0 heterocycles. The molecule has 0 saturated heterocycles. The fourth-order valence-corrected chi connectivity index (χ4v) is 3.12. The van der Waals surface area contributed by atoms with E-state index in [2.05, 4.69) is 12.2 Å². The van der Waals surface area contributed by atoms with Crippen LogP contribution in [0.1, 0.15) is 72.6 Å². The maximum atomic E-state index is 11.8. The van der Waals surface area contributed by atoms with Crippen molar-refractivity contribution in [3.63, 3.8) is 0 Å². The molecule has 0 unspecified atom stereocenters. The number of hydrogen-bond donors (Lipinski definition) is 1. The maximum absolute atomic E-state index is 11.8. The number of rotatable bonds is 7. The monoisotopic (exact) mass is 312 g/mol. The molecule has 0 bridgehead atoms. The molecule has 130 valence electrons. The standard InChI is InChI=1S/C18H36N2O2/c1-6-8-15-9-11-16(12-10-15)19-13-7-14-20(5)17(21)22-18(2,3)4/h15-16,19H,6-14H2,1-5H3. The van der Waals surface area contributed by atoms with Crippen molar-refractivity contribution in [2.45, 2.75) is 84.3 Å². The van der Waals surface area contributed by atoms with Gasteiger partial charge in [-0.15, -0.1) is 0 Å². The van der Waals surface area contributed by atoms with Crippen molar-refractivity contribution >= 4 is 6.09 Å². The molecular weight excluding hydrogens is 276 g/mol.